The molecule has 7 heteroatoms. The number of H-pyrrole nitrogens is 1. The van der Waals surface area contributed by atoms with Crippen LogP contribution in [0.3, 0.4) is 0 Å². The zero-order valence-electron chi connectivity index (χ0n) is 15.1. The monoisotopic (exact) mass is 357 g/mol. The second-order valence-corrected chi connectivity index (χ2v) is 6.07. The maximum absolute atomic E-state index is 12.7. The summed E-state index contributed by atoms with van der Waals surface area (Å²) in [6.45, 7) is 5.57. The van der Waals surface area contributed by atoms with E-state index in [9.17, 15) is 9.59 Å². The van der Waals surface area contributed by atoms with Gasteiger partial charge in [-0.05, 0) is 31.5 Å². The van der Waals surface area contributed by atoms with Gasteiger partial charge >= 0.3 is 5.97 Å². The first-order valence-electron chi connectivity index (χ1n) is 8.85. The molecule has 1 amide bonds. The number of aromatic amines is 1. The van der Waals surface area contributed by atoms with E-state index in [0.29, 0.717) is 39.1 Å². The van der Waals surface area contributed by atoms with Gasteiger partial charge in [0.1, 0.15) is 5.75 Å². The Hall–Kier alpha value is -2.83. The van der Waals surface area contributed by atoms with Gasteiger partial charge in [0.2, 0.25) is 5.91 Å². The van der Waals surface area contributed by atoms with Gasteiger partial charge in [-0.2, -0.15) is 5.10 Å². The zero-order chi connectivity index (χ0) is 18.5. The molecule has 0 radical (unpaired) electrons. The van der Waals surface area contributed by atoms with Crippen LogP contribution >= 0.6 is 0 Å². The Bertz CT molecular complexity index is 783. The Balaban J connectivity index is 1.67. The van der Waals surface area contributed by atoms with Crippen LogP contribution < -0.4 is 4.74 Å². The Labute approximate surface area is 152 Å². The number of rotatable bonds is 6. The molecule has 0 fully saturated rings. The van der Waals surface area contributed by atoms with Crippen LogP contribution in [0.1, 0.15) is 41.2 Å². The average Bonchev–Trinajstić information content (AvgIpc) is 3.07. The molecule has 1 aliphatic heterocycles. The summed E-state index contributed by atoms with van der Waals surface area (Å²) in [6, 6.07) is 7.55. The third kappa shape index (κ3) is 3.87. The van der Waals surface area contributed by atoms with Crippen molar-refractivity contribution in [2.75, 3.05) is 19.8 Å². The summed E-state index contributed by atoms with van der Waals surface area (Å²) in [5, 5.41) is 6.96. The Morgan fingerprint density at radius 2 is 1.96 bits per heavy atom. The molecule has 0 atom stereocenters. The number of amides is 1. The molecule has 0 spiro atoms. The number of esters is 1. The van der Waals surface area contributed by atoms with Gasteiger partial charge in [0.05, 0.1) is 19.6 Å². The number of carbonyl (C=O) groups is 2. The van der Waals surface area contributed by atoms with Crippen LogP contribution in [0.2, 0.25) is 0 Å². The number of aromatic nitrogens is 2. The first-order valence-corrected chi connectivity index (χ1v) is 8.85. The van der Waals surface area contributed by atoms with Crippen LogP contribution in [0.4, 0.5) is 0 Å². The largest absolute Gasteiger partial charge is 0.494 e. The normalized spacial score (nSPS) is 13.2. The van der Waals surface area contributed by atoms with Crippen LogP contribution in [-0.2, 0) is 28.9 Å². The number of ether oxygens (including phenoxy) is 2. The molecule has 26 heavy (non-hydrogen) atoms. The number of benzene rings is 1. The smallest absolute Gasteiger partial charge is 0.359 e. The second kappa shape index (κ2) is 8.03. The molecule has 1 aromatic carbocycles. The Morgan fingerprint density at radius 1 is 1.19 bits per heavy atom. The van der Waals surface area contributed by atoms with E-state index in [0.717, 1.165) is 22.6 Å². The van der Waals surface area contributed by atoms with Crippen molar-refractivity contribution in [1.82, 2.24) is 15.1 Å². The highest BCUT2D eigenvalue weighted by Crippen LogP contribution is 2.22. The van der Waals surface area contributed by atoms with Crippen molar-refractivity contribution in [1.29, 1.82) is 0 Å². The molecule has 138 valence electrons. The summed E-state index contributed by atoms with van der Waals surface area (Å²) in [5.74, 6) is 0.366. The maximum atomic E-state index is 12.7. The van der Waals surface area contributed by atoms with Gasteiger partial charge in [-0.15, -0.1) is 0 Å². The van der Waals surface area contributed by atoms with Gasteiger partial charge in [-0.25, -0.2) is 4.79 Å². The minimum atomic E-state index is -0.453. The third-order valence-corrected chi connectivity index (χ3v) is 4.34. The first-order chi connectivity index (χ1) is 12.6. The molecule has 3 rings (SSSR count). The van der Waals surface area contributed by atoms with E-state index in [1.54, 1.807) is 11.8 Å². The number of hydrogen-bond donors (Lipinski definition) is 1. The standard InChI is InChI=1S/C19H23N3O4/c1-3-25-14-7-5-13(6-8-14)11-17(23)22-10-9-16-15(12-22)18(21-20-16)19(24)26-4-2/h5-8H,3-4,9-12H2,1-2H3,(H,20,21). The predicted molar refractivity (Wildman–Crippen MR) is 95.0 cm³/mol. The quantitative estimate of drug-likeness (QED) is 0.801. The zero-order valence-corrected chi connectivity index (χ0v) is 15.1. The molecule has 1 aliphatic rings. The van der Waals surface area contributed by atoms with Crippen molar-refractivity contribution >= 4 is 11.9 Å². The van der Waals surface area contributed by atoms with Gasteiger partial charge in [0, 0.05) is 30.8 Å². The highest BCUT2D eigenvalue weighted by atomic mass is 16.5. The summed E-state index contributed by atoms with van der Waals surface area (Å²) in [6.07, 6.45) is 0.963. The van der Waals surface area contributed by atoms with Crippen molar-refractivity contribution in [2.24, 2.45) is 0 Å². The number of carbonyl (C=O) groups excluding carboxylic acids is 2. The highest BCUT2D eigenvalue weighted by molar-refractivity contribution is 5.89. The lowest BCUT2D eigenvalue weighted by molar-refractivity contribution is -0.131. The van der Waals surface area contributed by atoms with Crippen molar-refractivity contribution < 1.29 is 19.1 Å². The van der Waals surface area contributed by atoms with E-state index in [2.05, 4.69) is 10.2 Å². The summed E-state index contributed by atoms with van der Waals surface area (Å²) in [4.78, 5) is 26.4. The van der Waals surface area contributed by atoms with Gasteiger partial charge < -0.3 is 14.4 Å². The van der Waals surface area contributed by atoms with Crippen molar-refractivity contribution in [3.8, 4) is 5.75 Å². The van der Waals surface area contributed by atoms with Gasteiger partial charge in [0.15, 0.2) is 5.69 Å². The first kappa shape index (κ1) is 18.0. The van der Waals surface area contributed by atoms with Crippen LogP contribution in [0.25, 0.3) is 0 Å². The second-order valence-electron chi connectivity index (χ2n) is 6.07. The number of nitrogens with zero attached hydrogens (tertiary/aromatic N) is 2. The molecular formula is C19H23N3O4. The lowest BCUT2D eigenvalue weighted by atomic mass is 10.0. The fourth-order valence-corrected chi connectivity index (χ4v) is 3.03. The van der Waals surface area contributed by atoms with Gasteiger partial charge in [-0.3, -0.25) is 9.89 Å². The predicted octanol–water partition coefficient (Wildman–Crippen LogP) is 2.11. The topological polar surface area (TPSA) is 84.5 Å². The van der Waals surface area contributed by atoms with E-state index >= 15 is 0 Å². The molecule has 1 aromatic heterocycles. The van der Waals surface area contributed by atoms with E-state index in [4.69, 9.17) is 9.47 Å². The molecule has 2 aromatic rings. The molecule has 0 unspecified atom stereocenters. The lowest BCUT2D eigenvalue weighted by Gasteiger charge is -2.27. The average molecular weight is 357 g/mol. The van der Waals surface area contributed by atoms with Gasteiger partial charge in [-0.1, -0.05) is 12.1 Å². The van der Waals surface area contributed by atoms with Crippen molar-refractivity contribution in [3.05, 3.63) is 46.8 Å². The summed E-state index contributed by atoms with van der Waals surface area (Å²) >= 11 is 0. The molecular weight excluding hydrogens is 334 g/mol. The van der Waals surface area contributed by atoms with E-state index in [1.807, 2.05) is 31.2 Å². The molecule has 0 bridgehead atoms. The molecule has 0 saturated carbocycles. The van der Waals surface area contributed by atoms with Crippen LogP contribution in [-0.4, -0.2) is 46.7 Å². The lowest BCUT2D eigenvalue weighted by Crippen LogP contribution is -2.37. The fraction of sp³-hybridized carbons (Fsp3) is 0.421. The van der Waals surface area contributed by atoms with Crippen LogP contribution in [0, 0.1) is 0 Å². The van der Waals surface area contributed by atoms with Crippen LogP contribution in [0.15, 0.2) is 24.3 Å². The summed E-state index contributed by atoms with van der Waals surface area (Å²) < 4.78 is 10.5. The van der Waals surface area contributed by atoms with Crippen molar-refractivity contribution in [2.45, 2.75) is 33.2 Å². The van der Waals surface area contributed by atoms with E-state index in [-0.39, 0.29) is 11.6 Å². The fourth-order valence-electron chi connectivity index (χ4n) is 3.03. The number of hydrogen-bond acceptors (Lipinski definition) is 5. The third-order valence-electron chi connectivity index (χ3n) is 4.34. The highest BCUT2D eigenvalue weighted by Gasteiger charge is 2.28. The molecule has 2 heterocycles. The minimum absolute atomic E-state index is 0.0239. The molecule has 7 nitrogen and oxygen atoms in total. The van der Waals surface area contributed by atoms with Crippen molar-refractivity contribution in [3.63, 3.8) is 0 Å². The SMILES string of the molecule is CCOC(=O)c1n[nH]c2c1CN(C(=O)Cc1ccc(OCC)cc1)CC2. The minimum Gasteiger partial charge on any atom is -0.494 e. The molecule has 0 saturated heterocycles. The van der Waals surface area contributed by atoms with Gasteiger partial charge in [0.25, 0.3) is 0 Å². The molecule has 1 N–H and O–H groups in total. The Morgan fingerprint density at radius 3 is 2.65 bits per heavy atom. The molecule has 0 aliphatic carbocycles. The van der Waals surface area contributed by atoms with E-state index in [1.165, 1.54) is 0 Å². The Kier molecular flexibility index (Phi) is 5.55. The maximum Gasteiger partial charge on any atom is 0.359 e. The van der Waals surface area contributed by atoms with E-state index < -0.39 is 5.97 Å². The number of fused-ring (bicyclic) bond motifs is 1. The van der Waals surface area contributed by atoms with Crippen LogP contribution in [0.5, 0.6) is 5.75 Å². The number of nitrogens with one attached hydrogen (secondary N) is 1. The summed E-state index contributed by atoms with van der Waals surface area (Å²) in [5.41, 5.74) is 2.87. The summed E-state index contributed by atoms with van der Waals surface area (Å²) in [7, 11) is 0.